The van der Waals surface area contributed by atoms with Gasteiger partial charge >= 0.3 is 0 Å². The molecule has 0 N–H and O–H groups in total. The van der Waals surface area contributed by atoms with Gasteiger partial charge in [0.1, 0.15) is 0 Å². The van der Waals surface area contributed by atoms with Crippen molar-refractivity contribution >= 4 is 0 Å². The molecule has 1 saturated heterocycles. The van der Waals surface area contributed by atoms with Gasteiger partial charge < -0.3 is 9.47 Å². The van der Waals surface area contributed by atoms with Crippen LogP contribution in [0.4, 0.5) is 0 Å². The van der Waals surface area contributed by atoms with E-state index in [1.807, 2.05) is 19.1 Å². The molecule has 1 atom stereocenters. The Balaban J connectivity index is 2.17. The summed E-state index contributed by atoms with van der Waals surface area (Å²) in [5.74, 6) is 1.08. The maximum absolute atomic E-state index is 5.88. The molecule has 2 aliphatic heterocycles. The van der Waals surface area contributed by atoms with Gasteiger partial charge in [0, 0.05) is 13.0 Å². The summed E-state index contributed by atoms with van der Waals surface area (Å²) in [5.41, 5.74) is 0. The fraction of sp³-hybridized carbons (Fsp3) is 0.500. The SMILES string of the molecule is C=CC1=C(/C=C\C)OC2(CCN(C)C2)O1. The molecular formula is C12H17NO2. The number of rotatable bonds is 2. The average Bonchev–Trinajstić information content (AvgIpc) is 2.72. The lowest BCUT2D eigenvalue weighted by Crippen LogP contribution is -2.33. The van der Waals surface area contributed by atoms with Gasteiger partial charge in [-0.25, -0.2) is 0 Å². The van der Waals surface area contributed by atoms with Crippen LogP contribution >= 0.6 is 0 Å². The third-order valence-corrected chi connectivity index (χ3v) is 2.72. The first-order valence-electron chi connectivity index (χ1n) is 5.25. The van der Waals surface area contributed by atoms with E-state index < -0.39 is 5.79 Å². The fourth-order valence-electron chi connectivity index (χ4n) is 2.03. The van der Waals surface area contributed by atoms with Crippen LogP contribution in [-0.2, 0) is 9.47 Å². The number of ether oxygens (including phenoxy) is 2. The quantitative estimate of drug-likeness (QED) is 0.691. The van der Waals surface area contributed by atoms with E-state index >= 15 is 0 Å². The van der Waals surface area contributed by atoms with Crippen LogP contribution in [0.15, 0.2) is 36.3 Å². The van der Waals surface area contributed by atoms with Crippen molar-refractivity contribution in [3.05, 3.63) is 36.3 Å². The zero-order valence-corrected chi connectivity index (χ0v) is 9.32. The summed E-state index contributed by atoms with van der Waals surface area (Å²) in [7, 11) is 2.07. The van der Waals surface area contributed by atoms with Gasteiger partial charge in [0.05, 0.1) is 6.54 Å². The molecule has 0 saturated carbocycles. The third kappa shape index (κ3) is 1.79. The lowest BCUT2D eigenvalue weighted by molar-refractivity contribution is -0.137. The standard InChI is InChI=1S/C12H17NO2/c1-4-6-11-10(5-2)14-12(15-11)7-8-13(3)9-12/h4-6H,2,7-9H2,1,3H3/b6-4-. The molecule has 2 rings (SSSR count). The van der Waals surface area contributed by atoms with E-state index in [0.29, 0.717) is 0 Å². The van der Waals surface area contributed by atoms with Gasteiger partial charge in [-0.2, -0.15) is 0 Å². The van der Waals surface area contributed by atoms with Crippen LogP contribution < -0.4 is 0 Å². The summed E-state index contributed by atoms with van der Waals surface area (Å²) in [4.78, 5) is 2.21. The van der Waals surface area contributed by atoms with Crippen LogP contribution in [-0.4, -0.2) is 30.8 Å². The normalized spacial score (nSPS) is 31.3. The van der Waals surface area contributed by atoms with Gasteiger partial charge in [-0.1, -0.05) is 12.7 Å². The van der Waals surface area contributed by atoms with E-state index in [4.69, 9.17) is 9.47 Å². The zero-order valence-electron chi connectivity index (χ0n) is 9.32. The van der Waals surface area contributed by atoms with Crippen LogP contribution in [0.5, 0.6) is 0 Å². The third-order valence-electron chi connectivity index (χ3n) is 2.72. The van der Waals surface area contributed by atoms with Gasteiger partial charge in [0.25, 0.3) is 5.79 Å². The predicted molar refractivity (Wildman–Crippen MR) is 59.1 cm³/mol. The number of likely N-dealkylation sites (N-methyl/N-ethyl adjacent to an activating group) is 1. The Hall–Kier alpha value is -1.22. The molecule has 82 valence electrons. The van der Waals surface area contributed by atoms with E-state index in [2.05, 4.69) is 18.5 Å². The summed E-state index contributed by atoms with van der Waals surface area (Å²) < 4.78 is 11.7. The second-order valence-corrected chi connectivity index (χ2v) is 4.04. The molecule has 0 aliphatic carbocycles. The highest BCUT2D eigenvalue weighted by Gasteiger charge is 2.46. The lowest BCUT2D eigenvalue weighted by Gasteiger charge is -2.23. The smallest absolute Gasteiger partial charge is 0.265 e. The molecule has 0 aromatic rings. The van der Waals surface area contributed by atoms with Crippen molar-refractivity contribution in [3.8, 4) is 0 Å². The fourth-order valence-corrected chi connectivity index (χ4v) is 2.03. The van der Waals surface area contributed by atoms with Gasteiger partial charge in [0.15, 0.2) is 11.5 Å². The monoisotopic (exact) mass is 207 g/mol. The van der Waals surface area contributed by atoms with Crippen molar-refractivity contribution in [1.29, 1.82) is 0 Å². The summed E-state index contributed by atoms with van der Waals surface area (Å²) in [5, 5.41) is 0. The highest BCUT2D eigenvalue weighted by Crippen LogP contribution is 2.38. The molecule has 0 bridgehead atoms. The van der Waals surface area contributed by atoms with Gasteiger partial charge in [-0.3, -0.25) is 4.90 Å². The zero-order chi connectivity index (χ0) is 10.9. The highest BCUT2D eigenvalue weighted by atomic mass is 16.7. The van der Waals surface area contributed by atoms with Crippen LogP contribution in [0, 0.1) is 0 Å². The van der Waals surface area contributed by atoms with E-state index in [-0.39, 0.29) is 0 Å². The minimum absolute atomic E-state index is 0.465. The first-order chi connectivity index (χ1) is 7.19. The van der Waals surface area contributed by atoms with Crippen LogP contribution in [0.1, 0.15) is 13.3 Å². The van der Waals surface area contributed by atoms with E-state index in [9.17, 15) is 0 Å². The van der Waals surface area contributed by atoms with Crippen molar-refractivity contribution in [3.63, 3.8) is 0 Å². The first-order valence-corrected chi connectivity index (χ1v) is 5.25. The maximum atomic E-state index is 5.88. The summed E-state index contributed by atoms with van der Waals surface area (Å²) in [6, 6.07) is 0. The summed E-state index contributed by atoms with van der Waals surface area (Å²) in [6.45, 7) is 7.52. The Labute approximate surface area is 90.7 Å². The minimum atomic E-state index is -0.465. The Morgan fingerprint density at radius 1 is 1.40 bits per heavy atom. The molecule has 1 spiro atoms. The Kier molecular flexibility index (Phi) is 2.57. The first kappa shape index (κ1) is 10.3. The molecule has 3 heteroatoms. The van der Waals surface area contributed by atoms with Crippen molar-refractivity contribution in [1.82, 2.24) is 4.90 Å². The Morgan fingerprint density at radius 2 is 2.13 bits per heavy atom. The molecule has 1 fully saturated rings. The topological polar surface area (TPSA) is 21.7 Å². The molecule has 2 aliphatic rings. The number of hydrogen-bond acceptors (Lipinski definition) is 3. The molecule has 1 unspecified atom stereocenters. The second-order valence-electron chi connectivity index (χ2n) is 4.04. The molecule has 15 heavy (non-hydrogen) atoms. The second kappa shape index (κ2) is 3.74. The molecule has 0 aromatic carbocycles. The van der Waals surface area contributed by atoms with Gasteiger partial charge in [0.2, 0.25) is 0 Å². The van der Waals surface area contributed by atoms with Crippen LogP contribution in [0.2, 0.25) is 0 Å². The largest absolute Gasteiger partial charge is 0.447 e. The van der Waals surface area contributed by atoms with Crippen molar-refractivity contribution < 1.29 is 9.47 Å². The number of hydrogen-bond donors (Lipinski definition) is 0. The number of likely N-dealkylation sites (tertiary alicyclic amines) is 1. The summed E-state index contributed by atoms with van der Waals surface area (Å²) in [6.07, 6.45) is 6.48. The van der Waals surface area contributed by atoms with E-state index in [1.165, 1.54) is 0 Å². The lowest BCUT2D eigenvalue weighted by atomic mass is 10.2. The molecule has 0 radical (unpaired) electrons. The molecule has 3 nitrogen and oxygen atoms in total. The van der Waals surface area contributed by atoms with Crippen molar-refractivity contribution in [2.45, 2.75) is 19.1 Å². The minimum Gasteiger partial charge on any atom is -0.447 e. The molecule has 2 heterocycles. The summed E-state index contributed by atoms with van der Waals surface area (Å²) >= 11 is 0. The molecular weight excluding hydrogens is 190 g/mol. The van der Waals surface area contributed by atoms with Gasteiger partial charge in [-0.05, 0) is 26.1 Å². The number of nitrogens with zero attached hydrogens (tertiary/aromatic N) is 1. The Morgan fingerprint density at radius 3 is 2.67 bits per heavy atom. The number of allylic oxidation sites excluding steroid dienone is 3. The van der Waals surface area contributed by atoms with Crippen molar-refractivity contribution in [2.75, 3.05) is 20.1 Å². The van der Waals surface area contributed by atoms with E-state index in [1.54, 1.807) is 6.08 Å². The van der Waals surface area contributed by atoms with Gasteiger partial charge in [-0.15, -0.1) is 0 Å². The van der Waals surface area contributed by atoms with E-state index in [0.717, 1.165) is 31.0 Å². The van der Waals surface area contributed by atoms with Crippen molar-refractivity contribution in [2.24, 2.45) is 0 Å². The molecule has 0 amide bonds. The maximum Gasteiger partial charge on any atom is 0.265 e. The predicted octanol–water partition coefficient (Wildman–Crippen LogP) is 2.04. The molecule has 0 aromatic heterocycles. The Bertz CT molecular complexity index is 333. The average molecular weight is 207 g/mol. The highest BCUT2D eigenvalue weighted by molar-refractivity contribution is 5.27. The van der Waals surface area contributed by atoms with Crippen LogP contribution in [0.25, 0.3) is 0 Å². The van der Waals surface area contributed by atoms with Crippen LogP contribution in [0.3, 0.4) is 0 Å².